The van der Waals surface area contributed by atoms with Gasteiger partial charge in [0.15, 0.2) is 10.8 Å². The van der Waals surface area contributed by atoms with Crippen molar-refractivity contribution < 1.29 is 9.63 Å². The zero-order valence-corrected chi connectivity index (χ0v) is 12.8. The second-order valence-electron chi connectivity index (χ2n) is 5.18. The normalized spacial score (nSPS) is 12.8. The Bertz CT molecular complexity index is 634. The quantitative estimate of drug-likeness (QED) is 0.857. The van der Waals surface area contributed by atoms with Crippen LogP contribution in [0.25, 0.3) is 11.3 Å². The van der Waals surface area contributed by atoms with Crippen LogP contribution in [0.4, 0.5) is 0 Å². The first-order chi connectivity index (χ1) is 9.99. The lowest BCUT2D eigenvalue weighted by Crippen LogP contribution is -2.35. The molecule has 5 nitrogen and oxygen atoms in total. The van der Waals surface area contributed by atoms with Gasteiger partial charge in [-0.05, 0) is 0 Å². The molecule has 1 heterocycles. The molecule has 114 valence electrons. The topological polar surface area (TPSA) is 67.4 Å². The van der Waals surface area contributed by atoms with Gasteiger partial charge in [0.1, 0.15) is 0 Å². The first kappa shape index (κ1) is 15.8. The second kappa shape index (κ2) is 6.93. The van der Waals surface area contributed by atoms with E-state index in [0.29, 0.717) is 12.3 Å². The van der Waals surface area contributed by atoms with Crippen molar-refractivity contribution in [3.8, 4) is 11.3 Å². The first-order valence-electron chi connectivity index (χ1n) is 6.85. The van der Waals surface area contributed by atoms with Crippen molar-refractivity contribution in [3.05, 3.63) is 45.7 Å². The Balaban J connectivity index is 2.17. The van der Waals surface area contributed by atoms with Crippen LogP contribution in [-0.2, 0) is 6.54 Å². The highest BCUT2D eigenvalue weighted by molar-refractivity contribution is 6.32. The molecule has 0 bridgehead atoms. The van der Waals surface area contributed by atoms with E-state index in [-0.39, 0.29) is 17.6 Å². The summed E-state index contributed by atoms with van der Waals surface area (Å²) in [6.45, 7) is 4.40. The molecule has 0 radical (unpaired) electrons. The minimum Gasteiger partial charge on any atom is -0.390 e. The molecule has 0 aliphatic carbocycles. The van der Waals surface area contributed by atoms with E-state index in [9.17, 15) is 9.90 Å². The van der Waals surface area contributed by atoms with Gasteiger partial charge >= 0.3 is 5.56 Å². The van der Waals surface area contributed by atoms with Crippen molar-refractivity contribution in [2.24, 2.45) is 0 Å². The van der Waals surface area contributed by atoms with Crippen LogP contribution in [-0.4, -0.2) is 28.5 Å². The Hall–Kier alpha value is -1.56. The number of rotatable bonds is 6. The average molecular weight is 311 g/mol. The summed E-state index contributed by atoms with van der Waals surface area (Å²) in [5, 5.41) is 13.1. The van der Waals surface area contributed by atoms with Crippen LogP contribution in [0.3, 0.4) is 0 Å². The number of benzene rings is 1. The van der Waals surface area contributed by atoms with Gasteiger partial charge in [-0.15, -0.1) is 0 Å². The van der Waals surface area contributed by atoms with E-state index in [1.807, 2.05) is 44.2 Å². The van der Waals surface area contributed by atoms with Gasteiger partial charge in [0.05, 0.1) is 12.6 Å². The Labute approximate surface area is 128 Å². The number of nitrogens with zero attached hydrogens (tertiary/aromatic N) is 1. The molecular weight excluding hydrogens is 292 g/mol. The Morgan fingerprint density at radius 2 is 2.00 bits per heavy atom. The van der Waals surface area contributed by atoms with E-state index in [4.69, 9.17) is 16.1 Å². The molecule has 0 spiro atoms. The van der Waals surface area contributed by atoms with Gasteiger partial charge in [-0.1, -0.05) is 55.8 Å². The van der Waals surface area contributed by atoms with Gasteiger partial charge in [-0.25, -0.2) is 0 Å². The van der Waals surface area contributed by atoms with Gasteiger partial charge in [-0.2, -0.15) is 4.74 Å². The van der Waals surface area contributed by atoms with Crippen LogP contribution in [0, 0.1) is 0 Å². The van der Waals surface area contributed by atoms with E-state index < -0.39 is 11.7 Å². The number of halogens is 1. The van der Waals surface area contributed by atoms with Gasteiger partial charge in [0.25, 0.3) is 0 Å². The SMILES string of the molecule is CC(C)NCC(O)Cn1oc(-c2ccccc2)c(Cl)c1=O. The predicted octanol–water partition coefficient (Wildman–Crippen LogP) is 2.12. The zero-order chi connectivity index (χ0) is 15.4. The van der Waals surface area contributed by atoms with E-state index in [1.165, 1.54) is 0 Å². The standard InChI is InChI=1S/C15H19ClN2O3/c1-10(2)17-8-12(19)9-18-15(20)13(16)14(21-18)11-6-4-3-5-7-11/h3-7,10,12,17,19H,8-9H2,1-2H3. The fourth-order valence-corrected chi connectivity index (χ4v) is 2.15. The van der Waals surface area contributed by atoms with E-state index >= 15 is 0 Å². The van der Waals surface area contributed by atoms with Crippen molar-refractivity contribution >= 4 is 11.6 Å². The third-order valence-electron chi connectivity index (χ3n) is 2.99. The maximum Gasteiger partial charge on any atom is 0.302 e. The summed E-state index contributed by atoms with van der Waals surface area (Å²) in [7, 11) is 0. The molecule has 0 amide bonds. The fourth-order valence-electron chi connectivity index (χ4n) is 1.92. The smallest absolute Gasteiger partial charge is 0.302 e. The molecule has 1 aromatic heterocycles. The van der Waals surface area contributed by atoms with Crippen molar-refractivity contribution in [1.29, 1.82) is 0 Å². The molecule has 1 aromatic carbocycles. The van der Waals surface area contributed by atoms with Crippen LogP contribution < -0.4 is 10.9 Å². The fraction of sp³-hybridized carbons (Fsp3) is 0.400. The maximum atomic E-state index is 12.0. The van der Waals surface area contributed by atoms with Crippen molar-refractivity contribution in [2.75, 3.05) is 6.54 Å². The molecule has 1 unspecified atom stereocenters. The summed E-state index contributed by atoms with van der Waals surface area (Å²) in [5.41, 5.74) is 0.298. The number of aliphatic hydroxyl groups is 1. The molecule has 0 aliphatic rings. The van der Waals surface area contributed by atoms with Crippen molar-refractivity contribution in [3.63, 3.8) is 0 Å². The van der Waals surface area contributed by atoms with Gasteiger partial charge in [0, 0.05) is 18.2 Å². The lowest BCUT2D eigenvalue weighted by molar-refractivity contribution is 0.109. The number of aromatic nitrogens is 1. The highest BCUT2D eigenvalue weighted by Gasteiger charge is 2.18. The number of hydrogen-bond donors (Lipinski definition) is 2. The number of hydrogen-bond acceptors (Lipinski definition) is 4. The molecule has 0 fully saturated rings. The van der Waals surface area contributed by atoms with Crippen LogP contribution in [0.15, 0.2) is 39.6 Å². The summed E-state index contributed by atoms with van der Waals surface area (Å²) >= 11 is 6.04. The minimum absolute atomic E-state index is 0.0326. The maximum absolute atomic E-state index is 12.0. The Morgan fingerprint density at radius 1 is 1.33 bits per heavy atom. The summed E-state index contributed by atoms with van der Waals surface area (Å²) in [6, 6.07) is 9.43. The summed E-state index contributed by atoms with van der Waals surface area (Å²) < 4.78 is 6.59. The van der Waals surface area contributed by atoms with Crippen LogP contribution in [0.5, 0.6) is 0 Å². The van der Waals surface area contributed by atoms with Crippen LogP contribution >= 0.6 is 11.6 Å². The van der Waals surface area contributed by atoms with Gasteiger partial charge in [-0.3, -0.25) is 4.79 Å². The average Bonchev–Trinajstić information content (AvgIpc) is 2.74. The molecule has 2 aromatic rings. The predicted molar refractivity (Wildman–Crippen MR) is 82.6 cm³/mol. The molecular formula is C15H19ClN2O3. The second-order valence-corrected chi connectivity index (χ2v) is 5.56. The first-order valence-corrected chi connectivity index (χ1v) is 7.23. The third-order valence-corrected chi connectivity index (χ3v) is 3.32. The summed E-state index contributed by atoms with van der Waals surface area (Å²) in [5.74, 6) is 0.325. The lowest BCUT2D eigenvalue weighted by atomic mass is 10.2. The zero-order valence-electron chi connectivity index (χ0n) is 12.0. The lowest BCUT2D eigenvalue weighted by Gasteiger charge is -2.13. The van der Waals surface area contributed by atoms with Crippen molar-refractivity contribution in [2.45, 2.75) is 32.5 Å². The molecule has 21 heavy (non-hydrogen) atoms. The molecule has 0 aliphatic heterocycles. The number of nitrogens with one attached hydrogen (secondary N) is 1. The summed E-state index contributed by atoms with van der Waals surface area (Å²) in [4.78, 5) is 12.0. The van der Waals surface area contributed by atoms with Crippen molar-refractivity contribution in [1.82, 2.24) is 10.1 Å². The van der Waals surface area contributed by atoms with Crippen LogP contribution in [0.1, 0.15) is 13.8 Å². The molecule has 2 N–H and O–H groups in total. The third kappa shape index (κ3) is 3.97. The largest absolute Gasteiger partial charge is 0.390 e. The molecule has 0 saturated carbocycles. The molecule has 2 rings (SSSR count). The minimum atomic E-state index is -0.726. The van der Waals surface area contributed by atoms with E-state index in [0.717, 1.165) is 10.3 Å². The monoisotopic (exact) mass is 310 g/mol. The molecule has 0 saturated heterocycles. The van der Waals surface area contributed by atoms with E-state index in [1.54, 1.807) is 0 Å². The van der Waals surface area contributed by atoms with Gasteiger partial charge < -0.3 is 14.9 Å². The highest BCUT2D eigenvalue weighted by atomic mass is 35.5. The van der Waals surface area contributed by atoms with Gasteiger partial charge in [0.2, 0.25) is 0 Å². The number of aliphatic hydroxyl groups excluding tert-OH is 1. The Kier molecular flexibility index (Phi) is 5.22. The molecule has 1 atom stereocenters. The Morgan fingerprint density at radius 3 is 2.62 bits per heavy atom. The van der Waals surface area contributed by atoms with Crippen LogP contribution in [0.2, 0.25) is 5.02 Å². The highest BCUT2D eigenvalue weighted by Crippen LogP contribution is 2.25. The summed E-state index contributed by atoms with van der Waals surface area (Å²) in [6.07, 6.45) is -0.726. The van der Waals surface area contributed by atoms with E-state index in [2.05, 4.69) is 5.32 Å². The molecule has 6 heteroatoms.